The van der Waals surface area contributed by atoms with E-state index >= 15 is 0 Å². The van der Waals surface area contributed by atoms with Gasteiger partial charge in [-0.25, -0.2) is 12.8 Å². The Balaban J connectivity index is 2.39. The van der Waals surface area contributed by atoms with E-state index < -0.39 is 10.0 Å². The molecular formula is C15H22FNO2S. The van der Waals surface area contributed by atoms with E-state index in [1.165, 1.54) is 22.9 Å². The first kappa shape index (κ1) is 15.4. The number of sulfonamides is 1. The molecule has 0 radical (unpaired) electrons. The maximum atomic E-state index is 13.3. The Kier molecular flexibility index (Phi) is 4.49. The lowest BCUT2D eigenvalue weighted by atomic mass is 9.96. The van der Waals surface area contributed by atoms with E-state index in [0.717, 1.165) is 25.7 Å². The van der Waals surface area contributed by atoms with Crippen LogP contribution in [0.1, 0.15) is 43.2 Å². The largest absolute Gasteiger partial charge is 0.243 e. The molecule has 20 heavy (non-hydrogen) atoms. The number of nitrogens with zero attached hydrogens (tertiary/aromatic N) is 1. The van der Waals surface area contributed by atoms with Crippen LogP contribution in [0.2, 0.25) is 0 Å². The predicted molar refractivity (Wildman–Crippen MR) is 77.7 cm³/mol. The summed E-state index contributed by atoms with van der Waals surface area (Å²) in [6, 6.07) is 2.64. The van der Waals surface area contributed by atoms with Crippen molar-refractivity contribution >= 4 is 10.0 Å². The van der Waals surface area contributed by atoms with Gasteiger partial charge in [0.05, 0.1) is 4.90 Å². The van der Waals surface area contributed by atoms with E-state index in [4.69, 9.17) is 0 Å². The van der Waals surface area contributed by atoms with Crippen molar-refractivity contribution in [2.45, 2.75) is 56.9 Å². The highest BCUT2D eigenvalue weighted by atomic mass is 32.2. The highest BCUT2D eigenvalue weighted by Gasteiger charge is 2.31. The summed E-state index contributed by atoms with van der Waals surface area (Å²) in [6.45, 7) is 3.30. The second-order valence-corrected chi connectivity index (χ2v) is 7.62. The fraction of sp³-hybridized carbons (Fsp3) is 0.600. The molecule has 0 atom stereocenters. The van der Waals surface area contributed by atoms with E-state index in [2.05, 4.69) is 0 Å². The number of benzene rings is 1. The van der Waals surface area contributed by atoms with E-state index in [0.29, 0.717) is 11.1 Å². The van der Waals surface area contributed by atoms with Crippen LogP contribution in [0.5, 0.6) is 0 Å². The van der Waals surface area contributed by atoms with Gasteiger partial charge in [0.1, 0.15) is 5.82 Å². The molecule has 0 saturated heterocycles. The van der Waals surface area contributed by atoms with Crippen LogP contribution >= 0.6 is 0 Å². The molecule has 1 aromatic carbocycles. The zero-order valence-electron chi connectivity index (χ0n) is 12.3. The van der Waals surface area contributed by atoms with Crippen LogP contribution in [-0.2, 0) is 10.0 Å². The van der Waals surface area contributed by atoms with Crippen LogP contribution in [0, 0.1) is 19.7 Å². The Hall–Kier alpha value is -0.940. The fourth-order valence-corrected chi connectivity index (χ4v) is 4.91. The standard InChI is InChI=1S/C15H22FNO2S/c1-11-9-13(16)10-12(2)15(11)20(18,19)17(3)14-7-5-4-6-8-14/h9-10,14H,4-8H2,1-3H3. The van der Waals surface area contributed by atoms with Crippen molar-refractivity contribution in [2.24, 2.45) is 0 Å². The predicted octanol–water partition coefficient (Wildman–Crippen LogP) is 3.40. The highest BCUT2D eigenvalue weighted by Crippen LogP contribution is 2.29. The van der Waals surface area contributed by atoms with Gasteiger partial charge in [0.15, 0.2) is 0 Å². The van der Waals surface area contributed by atoms with Gasteiger partial charge in [0, 0.05) is 13.1 Å². The molecule has 0 aliphatic heterocycles. The minimum Gasteiger partial charge on any atom is -0.207 e. The first-order chi connectivity index (χ1) is 9.34. The summed E-state index contributed by atoms with van der Waals surface area (Å²) in [7, 11) is -1.90. The second-order valence-electron chi connectivity index (χ2n) is 5.68. The molecular weight excluding hydrogens is 277 g/mol. The summed E-state index contributed by atoms with van der Waals surface area (Å²) in [5.74, 6) is -0.390. The van der Waals surface area contributed by atoms with Gasteiger partial charge in [-0.3, -0.25) is 0 Å². The lowest BCUT2D eigenvalue weighted by Crippen LogP contribution is -2.38. The van der Waals surface area contributed by atoms with Crippen molar-refractivity contribution in [3.8, 4) is 0 Å². The molecule has 1 fully saturated rings. The number of hydrogen-bond acceptors (Lipinski definition) is 2. The lowest BCUT2D eigenvalue weighted by molar-refractivity contribution is 0.285. The number of hydrogen-bond donors (Lipinski definition) is 0. The second kappa shape index (κ2) is 5.82. The van der Waals surface area contributed by atoms with Gasteiger partial charge in [-0.05, 0) is 49.9 Å². The highest BCUT2D eigenvalue weighted by molar-refractivity contribution is 7.89. The Morgan fingerprint density at radius 2 is 1.60 bits per heavy atom. The third-order valence-electron chi connectivity index (χ3n) is 4.15. The lowest BCUT2D eigenvalue weighted by Gasteiger charge is -2.31. The summed E-state index contributed by atoms with van der Waals surface area (Å²) in [5.41, 5.74) is 0.954. The molecule has 112 valence electrons. The monoisotopic (exact) mass is 299 g/mol. The van der Waals surface area contributed by atoms with Crippen LogP contribution in [0.25, 0.3) is 0 Å². The van der Waals surface area contributed by atoms with Gasteiger partial charge in [0.2, 0.25) is 10.0 Å². The molecule has 1 aromatic rings. The molecule has 1 saturated carbocycles. The molecule has 3 nitrogen and oxygen atoms in total. The Morgan fingerprint density at radius 3 is 2.10 bits per heavy atom. The molecule has 0 N–H and O–H groups in total. The quantitative estimate of drug-likeness (QED) is 0.858. The van der Waals surface area contributed by atoms with Gasteiger partial charge >= 0.3 is 0 Å². The molecule has 2 rings (SSSR count). The molecule has 0 aromatic heterocycles. The Morgan fingerprint density at radius 1 is 1.10 bits per heavy atom. The molecule has 0 amide bonds. The van der Waals surface area contributed by atoms with Gasteiger partial charge in [-0.1, -0.05) is 19.3 Å². The van der Waals surface area contributed by atoms with Gasteiger partial charge in [-0.15, -0.1) is 0 Å². The molecule has 0 spiro atoms. The summed E-state index contributed by atoms with van der Waals surface area (Å²) in [4.78, 5) is 0.256. The summed E-state index contributed by atoms with van der Waals surface area (Å²) >= 11 is 0. The number of aryl methyl sites for hydroxylation is 2. The Labute approximate surface area is 120 Å². The van der Waals surface area contributed by atoms with Gasteiger partial charge in [-0.2, -0.15) is 4.31 Å². The normalized spacial score (nSPS) is 17.6. The SMILES string of the molecule is Cc1cc(F)cc(C)c1S(=O)(=O)N(C)C1CCCCC1. The number of rotatable bonds is 3. The van der Waals surface area contributed by atoms with Crippen molar-refractivity contribution in [2.75, 3.05) is 7.05 Å². The van der Waals surface area contributed by atoms with E-state index in [-0.39, 0.29) is 16.8 Å². The van der Waals surface area contributed by atoms with Crippen molar-refractivity contribution in [1.82, 2.24) is 4.31 Å². The van der Waals surface area contributed by atoms with Gasteiger partial charge in [0.25, 0.3) is 0 Å². The first-order valence-corrected chi connectivity index (χ1v) is 8.53. The maximum Gasteiger partial charge on any atom is 0.243 e. The van der Waals surface area contributed by atoms with E-state index in [1.54, 1.807) is 20.9 Å². The molecule has 0 bridgehead atoms. The molecule has 1 aliphatic rings. The third kappa shape index (κ3) is 2.88. The smallest absolute Gasteiger partial charge is 0.207 e. The average molecular weight is 299 g/mol. The van der Waals surface area contributed by atoms with Crippen LogP contribution in [0.3, 0.4) is 0 Å². The van der Waals surface area contributed by atoms with Crippen LogP contribution in [0.15, 0.2) is 17.0 Å². The minimum atomic E-state index is -3.55. The van der Waals surface area contributed by atoms with E-state index in [9.17, 15) is 12.8 Å². The molecule has 0 heterocycles. The van der Waals surface area contributed by atoms with E-state index in [1.807, 2.05) is 0 Å². The van der Waals surface area contributed by atoms with Crippen molar-refractivity contribution in [3.05, 3.63) is 29.1 Å². The maximum absolute atomic E-state index is 13.3. The van der Waals surface area contributed by atoms with Gasteiger partial charge < -0.3 is 0 Å². The summed E-state index contributed by atoms with van der Waals surface area (Å²) in [6.07, 6.45) is 5.15. The van der Waals surface area contributed by atoms with Crippen LogP contribution in [0.4, 0.5) is 4.39 Å². The topological polar surface area (TPSA) is 37.4 Å². The van der Waals surface area contributed by atoms with Crippen molar-refractivity contribution in [3.63, 3.8) is 0 Å². The third-order valence-corrected chi connectivity index (χ3v) is 6.37. The summed E-state index contributed by atoms with van der Waals surface area (Å²) in [5, 5.41) is 0. The zero-order chi connectivity index (χ0) is 14.9. The first-order valence-electron chi connectivity index (χ1n) is 7.09. The fourth-order valence-electron chi connectivity index (χ4n) is 3.09. The number of halogens is 1. The average Bonchev–Trinajstić information content (AvgIpc) is 2.37. The Bertz CT molecular complexity index is 569. The summed E-state index contributed by atoms with van der Waals surface area (Å²) < 4.78 is 40.4. The molecule has 0 unspecified atom stereocenters. The van der Waals surface area contributed by atoms with Crippen LogP contribution < -0.4 is 0 Å². The van der Waals surface area contributed by atoms with Crippen molar-refractivity contribution in [1.29, 1.82) is 0 Å². The zero-order valence-corrected chi connectivity index (χ0v) is 13.1. The van der Waals surface area contributed by atoms with Crippen molar-refractivity contribution < 1.29 is 12.8 Å². The molecule has 1 aliphatic carbocycles. The molecule has 5 heteroatoms. The van der Waals surface area contributed by atoms with Crippen LogP contribution in [-0.4, -0.2) is 25.8 Å². The minimum absolute atomic E-state index is 0.0672.